The van der Waals surface area contributed by atoms with Crippen LogP contribution in [0.5, 0.6) is 0 Å². The average molecular weight is 136 g/mol. The molecule has 0 aromatic heterocycles. The molecule has 0 spiro atoms. The van der Waals surface area contributed by atoms with E-state index in [2.05, 4.69) is 0 Å². The van der Waals surface area contributed by atoms with Gasteiger partial charge in [-0.2, -0.15) is 0 Å². The maximum Gasteiger partial charge on any atom is 0.300 e. The van der Waals surface area contributed by atoms with E-state index < -0.39 is 5.92 Å². The van der Waals surface area contributed by atoms with Crippen LogP contribution in [0.3, 0.4) is 0 Å². The lowest BCUT2D eigenvalue weighted by Crippen LogP contribution is -3.10. The van der Waals surface area contributed by atoms with Crippen LogP contribution in [0.4, 0.5) is 8.78 Å². The van der Waals surface area contributed by atoms with Crippen molar-refractivity contribution in [1.82, 2.24) is 0 Å². The van der Waals surface area contributed by atoms with Gasteiger partial charge in [-0.1, -0.05) is 0 Å². The molecule has 1 fully saturated rings. The number of hydrogen-bond acceptors (Lipinski definition) is 0. The van der Waals surface area contributed by atoms with E-state index in [1.807, 2.05) is 6.92 Å². The second-order valence-electron chi connectivity index (χ2n) is 2.64. The monoisotopic (exact) mass is 136 g/mol. The highest BCUT2D eigenvalue weighted by atomic mass is 19.3. The molecule has 1 atom stereocenters. The maximum atomic E-state index is 12.4. The van der Waals surface area contributed by atoms with E-state index in [1.165, 1.54) is 0 Å². The molecule has 0 aromatic carbocycles. The van der Waals surface area contributed by atoms with Gasteiger partial charge in [-0.25, -0.2) is 8.78 Å². The van der Waals surface area contributed by atoms with Crippen LogP contribution in [-0.4, -0.2) is 25.6 Å². The lowest BCUT2D eigenvalue weighted by atomic mass is 10.3. The van der Waals surface area contributed by atoms with Crippen molar-refractivity contribution in [1.29, 1.82) is 0 Å². The zero-order valence-electron chi connectivity index (χ0n) is 5.58. The van der Waals surface area contributed by atoms with Crippen molar-refractivity contribution in [2.75, 3.05) is 19.6 Å². The molecule has 0 saturated carbocycles. The number of rotatable bonds is 1. The number of likely N-dealkylation sites (tertiary alicyclic amines) is 1. The topological polar surface area (TPSA) is 4.44 Å². The summed E-state index contributed by atoms with van der Waals surface area (Å²) in [7, 11) is 0. The van der Waals surface area contributed by atoms with Crippen LogP contribution in [0.15, 0.2) is 0 Å². The van der Waals surface area contributed by atoms with E-state index in [1.54, 1.807) is 0 Å². The van der Waals surface area contributed by atoms with Crippen LogP contribution >= 0.6 is 0 Å². The van der Waals surface area contributed by atoms with Crippen LogP contribution in [0, 0.1) is 0 Å². The number of halogens is 2. The summed E-state index contributed by atoms with van der Waals surface area (Å²) in [5, 5.41) is 0. The van der Waals surface area contributed by atoms with Gasteiger partial charge < -0.3 is 4.90 Å². The van der Waals surface area contributed by atoms with Crippen LogP contribution in [0.1, 0.15) is 13.3 Å². The van der Waals surface area contributed by atoms with Gasteiger partial charge in [0.2, 0.25) is 0 Å². The molecule has 1 nitrogen and oxygen atoms in total. The molecular weight excluding hydrogens is 124 g/mol. The third-order valence-corrected chi connectivity index (χ3v) is 1.85. The van der Waals surface area contributed by atoms with Crippen LogP contribution in [0.25, 0.3) is 0 Å². The Kier molecular flexibility index (Phi) is 1.70. The highest BCUT2D eigenvalue weighted by molar-refractivity contribution is 4.68. The van der Waals surface area contributed by atoms with E-state index >= 15 is 0 Å². The quantitative estimate of drug-likeness (QED) is 0.514. The molecule has 0 aliphatic carbocycles. The van der Waals surface area contributed by atoms with Gasteiger partial charge in [0.05, 0.1) is 19.5 Å². The normalized spacial score (nSPS) is 33.0. The molecule has 1 aliphatic heterocycles. The molecule has 1 N–H and O–H groups in total. The highest BCUT2D eigenvalue weighted by Crippen LogP contribution is 2.17. The molecule has 1 rings (SSSR count). The fourth-order valence-electron chi connectivity index (χ4n) is 1.20. The molecule has 3 heteroatoms. The van der Waals surface area contributed by atoms with Gasteiger partial charge in [0.1, 0.15) is 6.54 Å². The Morgan fingerprint density at radius 2 is 2.22 bits per heavy atom. The third kappa shape index (κ3) is 1.61. The van der Waals surface area contributed by atoms with Gasteiger partial charge in [-0.3, -0.25) is 0 Å². The molecule has 0 bridgehead atoms. The van der Waals surface area contributed by atoms with Crippen LogP contribution < -0.4 is 4.90 Å². The Balaban J connectivity index is 2.38. The zero-order valence-corrected chi connectivity index (χ0v) is 5.58. The number of hydrogen-bond donors (Lipinski definition) is 1. The molecule has 1 aliphatic rings. The van der Waals surface area contributed by atoms with Crippen molar-refractivity contribution >= 4 is 0 Å². The summed E-state index contributed by atoms with van der Waals surface area (Å²) in [5.41, 5.74) is 0. The van der Waals surface area contributed by atoms with Gasteiger partial charge in [0.15, 0.2) is 0 Å². The molecule has 1 heterocycles. The molecule has 0 amide bonds. The number of quaternary nitrogens is 1. The molecule has 9 heavy (non-hydrogen) atoms. The standard InChI is InChI=1S/C6H11F2N/c1-2-9-4-3-6(7,8)5-9/h2-5H2,1H3/p+1. The summed E-state index contributed by atoms with van der Waals surface area (Å²) in [6.07, 6.45) is 0.0795. The Bertz CT molecular complexity index is 103. The highest BCUT2D eigenvalue weighted by Gasteiger charge is 2.40. The van der Waals surface area contributed by atoms with Crippen molar-refractivity contribution in [3.8, 4) is 0 Å². The van der Waals surface area contributed by atoms with Gasteiger partial charge in [-0.15, -0.1) is 0 Å². The van der Waals surface area contributed by atoms with Crippen LogP contribution in [-0.2, 0) is 0 Å². The molecule has 1 saturated heterocycles. The first-order valence-corrected chi connectivity index (χ1v) is 3.35. The molecule has 1 unspecified atom stereocenters. The van der Waals surface area contributed by atoms with Gasteiger partial charge in [0.25, 0.3) is 0 Å². The first-order valence-electron chi connectivity index (χ1n) is 3.35. The van der Waals surface area contributed by atoms with Crippen molar-refractivity contribution in [2.45, 2.75) is 19.3 Å². The zero-order chi connectivity index (χ0) is 6.91. The second-order valence-corrected chi connectivity index (χ2v) is 2.64. The summed E-state index contributed by atoms with van der Waals surface area (Å²) < 4.78 is 24.7. The van der Waals surface area contributed by atoms with Gasteiger partial charge in [0, 0.05) is 0 Å². The first-order chi connectivity index (χ1) is 4.14. The predicted molar refractivity (Wildman–Crippen MR) is 30.8 cm³/mol. The van der Waals surface area contributed by atoms with Crippen molar-refractivity contribution in [3.05, 3.63) is 0 Å². The lowest BCUT2D eigenvalue weighted by molar-refractivity contribution is -0.889. The fourth-order valence-corrected chi connectivity index (χ4v) is 1.20. The summed E-state index contributed by atoms with van der Waals surface area (Å²) in [4.78, 5) is 1.03. The second kappa shape index (κ2) is 2.21. The number of nitrogens with one attached hydrogen (secondary N) is 1. The van der Waals surface area contributed by atoms with E-state index in [-0.39, 0.29) is 13.0 Å². The smallest absolute Gasteiger partial charge is 0.300 e. The minimum absolute atomic E-state index is 0.0451. The Labute approximate surface area is 53.6 Å². The van der Waals surface area contributed by atoms with Gasteiger partial charge in [-0.05, 0) is 6.92 Å². The van der Waals surface area contributed by atoms with Crippen molar-refractivity contribution in [3.63, 3.8) is 0 Å². The number of alkyl halides is 2. The molecule has 0 aromatic rings. The summed E-state index contributed by atoms with van der Waals surface area (Å²) >= 11 is 0. The summed E-state index contributed by atoms with van der Waals surface area (Å²) in [6.45, 7) is 3.46. The SMILES string of the molecule is CC[NH+]1CCC(F)(F)C1. The minimum Gasteiger partial charge on any atom is -0.330 e. The van der Waals surface area contributed by atoms with E-state index in [0.717, 1.165) is 11.4 Å². The lowest BCUT2D eigenvalue weighted by Gasteiger charge is -2.08. The summed E-state index contributed by atoms with van der Waals surface area (Å²) in [5.74, 6) is -2.37. The average Bonchev–Trinajstić information content (AvgIpc) is 2.10. The Hall–Kier alpha value is -0.180. The van der Waals surface area contributed by atoms with Crippen molar-refractivity contribution in [2.24, 2.45) is 0 Å². The fraction of sp³-hybridized carbons (Fsp3) is 1.00. The van der Waals surface area contributed by atoms with Crippen LogP contribution in [0.2, 0.25) is 0 Å². The third-order valence-electron chi connectivity index (χ3n) is 1.85. The Morgan fingerprint density at radius 1 is 1.56 bits per heavy atom. The van der Waals surface area contributed by atoms with Gasteiger partial charge >= 0.3 is 5.92 Å². The Morgan fingerprint density at radius 3 is 2.44 bits per heavy atom. The maximum absolute atomic E-state index is 12.4. The molecule has 0 radical (unpaired) electrons. The minimum atomic E-state index is -2.37. The largest absolute Gasteiger partial charge is 0.330 e. The molecular formula is C6H12F2N+. The first kappa shape index (κ1) is 6.93. The van der Waals surface area contributed by atoms with Crippen molar-refractivity contribution < 1.29 is 13.7 Å². The van der Waals surface area contributed by atoms with E-state index in [4.69, 9.17) is 0 Å². The summed E-state index contributed by atoms with van der Waals surface area (Å²) in [6, 6.07) is 0. The van der Waals surface area contributed by atoms with E-state index in [0.29, 0.717) is 6.54 Å². The predicted octanol–water partition coefficient (Wildman–Crippen LogP) is -0.0698. The molecule has 54 valence electrons. The van der Waals surface area contributed by atoms with E-state index in [9.17, 15) is 8.78 Å².